The van der Waals surface area contributed by atoms with Crippen LogP contribution in [0.1, 0.15) is 18.9 Å². The molecule has 16 heavy (non-hydrogen) atoms. The van der Waals surface area contributed by atoms with Gasteiger partial charge in [0.2, 0.25) is 0 Å². The van der Waals surface area contributed by atoms with E-state index >= 15 is 0 Å². The van der Waals surface area contributed by atoms with Gasteiger partial charge in [-0.25, -0.2) is 8.78 Å². The summed E-state index contributed by atoms with van der Waals surface area (Å²) in [5.74, 6) is -1.27. The summed E-state index contributed by atoms with van der Waals surface area (Å²) in [6.45, 7) is 1.36. The van der Waals surface area contributed by atoms with Gasteiger partial charge in [0, 0.05) is 11.5 Å². The molecule has 0 heterocycles. The molecule has 1 rings (SSSR count). The normalized spacial score (nSPS) is 11.8. The summed E-state index contributed by atoms with van der Waals surface area (Å²) < 4.78 is 26.1. The summed E-state index contributed by atoms with van der Waals surface area (Å²) in [4.78, 5) is 0. The van der Waals surface area contributed by atoms with Crippen LogP contribution in [0, 0.1) is 17.0 Å². The van der Waals surface area contributed by atoms with Gasteiger partial charge in [-0.05, 0) is 24.5 Å². The minimum absolute atomic E-state index is 0.197. The lowest BCUT2D eigenvalue weighted by Gasteiger charge is -2.28. The lowest BCUT2D eigenvalue weighted by Crippen LogP contribution is -2.32. The van der Waals surface area contributed by atoms with Gasteiger partial charge >= 0.3 is 0 Å². The minimum Gasteiger partial charge on any atom is -0.396 e. The lowest BCUT2D eigenvalue weighted by molar-refractivity contribution is 0.0507. The van der Waals surface area contributed by atoms with E-state index in [0.29, 0.717) is 12.0 Å². The van der Waals surface area contributed by atoms with E-state index in [0.717, 1.165) is 6.07 Å². The summed E-state index contributed by atoms with van der Waals surface area (Å²) in [6.07, 6.45) is 0.722. The van der Waals surface area contributed by atoms with E-state index in [1.165, 1.54) is 12.1 Å². The second-order valence-electron chi connectivity index (χ2n) is 4.08. The highest BCUT2D eigenvalue weighted by molar-refractivity contribution is 5.20. The van der Waals surface area contributed by atoms with Crippen LogP contribution in [0.15, 0.2) is 18.2 Å². The van der Waals surface area contributed by atoms with Crippen LogP contribution in [0.2, 0.25) is 0 Å². The molecule has 1 aromatic carbocycles. The quantitative estimate of drug-likeness (QED) is 0.811. The van der Waals surface area contributed by atoms with Crippen molar-refractivity contribution in [1.82, 2.24) is 0 Å². The van der Waals surface area contributed by atoms with Crippen molar-refractivity contribution in [3.05, 3.63) is 35.4 Å². The average Bonchev–Trinajstić information content (AvgIpc) is 2.29. The molecule has 0 bridgehead atoms. The summed E-state index contributed by atoms with van der Waals surface area (Å²) in [6, 6.07) is 3.33. The average molecular weight is 230 g/mol. The largest absolute Gasteiger partial charge is 0.396 e. The maximum Gasteiger partial charge on any atom is 0.129 e. The fourth-order valence-corrected chi connectivity index (χ4v) is 1.58. The van der Waals surface area contributed by atoms with Gasteiger partial charge < -0.3 is 10.2 Å². The lowest BCUT2D eigenvalue weighted by atomic mass is 9.80. The molecular weight excluding hydrogens is 214 g/mol. The van der Waals surface area contributed by atoms with Crippen LogP contribution in [0.3, 0.4) is 0 Å². The van der Waals surface area contributed by atoms with Crippen molar-refractivity contribution in [1.29, 1.82) is 0 Å². The Balaban J connectivity index is 2.93. The Bertz CT molecular complexity index is 341. The Morgan fingerprint density at radius 1 is 1.19 bits per heavy atom. The van der Waals surface area contributed by atoms with E-state index in [1.807, 2.05) is 6.92 Å². The van der Waals surface area contributed by atoms with Gasteiger partial charge in [-0.1, -0.05) is 13.0 Å². The summed E-state index contributed by atoms with van der Waals surface area (Å²) >= 11 is 0. The predicted octanol–water partition coefficient (Wildman–Crippen LogP) is 1.89. The Kier molecular flexibility index (Phi) is 4.38. The third-order valence-corrected chi connectivity index (χ3v) is 3.00. The van der Waals surface area contributed by atoms with Gasteiger partial charge in [-0.15, -0.1) is 0 Å². The molecule has 0 aliphatic rings. The number of aliphatic hydroxyl groups is 2. The second-order valence-corrected chi connectivity index (χ2v) is 4.08. The highest BCUT2D eigenvalue weighted by Crippen LogP contribution is 2.27. The standard InChI is InChI=1S/C12H16F2O2/c1-2-12(7-15,8-16)6-9-3-4-10(13)5-11(9)14/h3-5,15-16H,2,6-8H2,1H3. The van der Waals surface area contributed by atoms with E-state index < -0.39 is 17.0 Å². The molecule has 0 atom stereocenters. The van der Waals surface area contributed by atoms with Gasteiger partial charge in [0.25, 0.3) is 0 Å². The van der Waals surface area contributed by atoms with Gasteiger partial charge in [0.1, 0.15) is 11.6 Å². The van der Waals surface area contributed by atoms with Crippen LogP contribution in [-0.2, 0) is 6.42 Å². The van der Waals surface area contributed by atoms with Crippen LogP contribution in [0.25, 0.3) is 0 Å². The first-order chi connectivity index (χ1) is 7.56. The number of rotatable bonds is 5. The Morgan fingerprint density at radius 2 is 1.81 bits per heavy atom. The fourth-order valence-electron chi connectivity index (χ4n) is 1.58. The van der Waals surface area contributed by atoms with E-state index in [1.54, 1.807) is 0 Å². The molecule has 0 aliphatic carbocycles. The summed E-state index contributed by atoms with van der Waals surface area (Å²) in [7, 11) is 0. The first kappa shape index (κ1) is 13.1. The molecule has 1 aromatic rings. The molecule has 0 saturated carbocycles. The Morgan fingerprint density at radius 3 is 2.25 bits per heavy atom. The van der Waals surface area contributed by atoms with Crippen molar-refractivity contribution >= 4 is 0 Å². The maximum atomic E-state index is 13.4. The zero-order valence-corrected chi connectivity index (χ0v) is 9.21. The number of hydrogen-bond donors (Lipinski definition) is 2. The van der Waals surface area contributed by atoms with Crippen molar-refractivity contribution < 1.29 is 19.0 Å². The van der Waals surface area contributed by atoms with E-state index in [2.05, 4.69) is 0 Å². The Labute approximate surface area is 93.5 Å². The number of halogens is 2. The van der Waals surface area contributed by atoms with Crippen LogP contribution < -0.4 is 0 Å². The monoisotopic (exact) mass is 230 g/mol. The van der Waals surface area contributed by atoms with Crippen LogP contribution in [-0.4, -0.2) is 23.4 Å². The highest BCUT2D eigenvalue weighted by atomic mass is 19.1. The Hall–Kier alpha value is -1.00. The molecule has 90 valence electrons. The van der Waals surface area contributed by atoms with Crippen molar-refractivity contribution in [2.75, 3.05) is 13.2 Å². The fraction of sp³-hybridized carbons (Fsp3) is 0.500. The van der Waals surface area contributed by atoms with Crippen LogP contribution >= 0.6 is 0 Å². The molecule has 4 heteroatoms. The van der Waals surface area contributed by atoms with Gasteiger partial charge in [-0.2, -0.15) is 0 Å². The van der Waals surface area contributed by atoms with E-state index in [9.17, 15) is 19.0 Å². The first-order valence-electron chi connectivity index (χ1n) is 5.22. The van der Waals surface area contributed by atoms with Gasteiger partial charge in [0.05, 0.1) is 13.2 Å². The van der Waals surface area contributed by atoms with Crippen molar-refractivity contribution in [2.24, 2.45) is 5.41 Å². The van der Waals surface area contributed by atoms with Gasteiger partial charge in [0.15, 0.2) is 0 Å². The molecule has 2 nitrogen and oxygen atoms in total. The summed E-state index contributed by atoms with van der Waals surface area (Å²) in [5, 5.41) is 18.5. The van der Waals surface area contributed by atoms with Crippen molar-refractivity contribution in [3.8, 4) is 0 Å². The molecule has 2 N–H and O–H groups in total. The van der Waals surface area contributed by atoms with E-state index in [-0.39, 0.29) is 19.6 Å². The third-order valence-electron chi connectivity index (χ3n) is 3.00. The molecule has 0 unspecified atom stereocenters. The number of hydrogen-bond acceptors (Lipinski definition) is 2. The third kappa shape index (κ3) is 2.77. The first-order valence-corrected chi connectivity index (χ1v) is 5.22. The van der Waals surface area contributed by atoms with Crippen molar-refractivity contribution in [2.45, 2.75) is 19.8 Å². The highest BCUT2D eigenvalue weighted by Gasteiger charge is 2.28. The van der Waals surface area contributed by atoms with E-state index in [4.69, 9.17) is 0 Å². The second kappa shape index (κ2) is 5.37. The molecular formula is C12H16F2O2. The summed E-state index contributed by atoms with van der Waals surface area (Å²) in [5.41, 5.74) is -0.426. The molecule has 0 fully saturated rings. The molecule has 0 aliphatic heterocycles. The minimum atomic E-state index is -0.737. The van der Waals surface area contributed by atoms with Crippen molar-refractivity contribution in [3.63, 3.8) is 0 Å². The zero-order chi connectivity index (χ0) is 12.2. The maximum absolute atomic E-state index is 13.4. The molecule has 0 spiro atoms. The SMILES string of the molecule is CCC(CO)(CO)Cc1ccc(F)cc1F. The molecule has 0 saturated heterocycles. The molecule has 0 amide bonds. The number of aliphatic hydroxyl groups excluding tert-OH is 2. The smallest absolute Gasteiger partial charge is 0.129 e. The number of benzene rings is 1. The molecule has 0 radical (unpaired) electrons. The van der Waals surface area contributed by atoms with Crippen LogP contribution in [0.5, 0.6) is 0 Å². The molecule has 0 aromatic heterocycles. The van der Waals surface area contributed by atoms with Gasteiger partial charge in [-0.3, -0.25) is 0 Å². The predicted molar refractivity (Wildman–Crippen MR) is 57.0 cm³/mol. The van der Waals surface area contributed by atoms with Crippen LogP contribution in [0.4, 0.5) is 8.78 Å². The zero-order valence-electron chi connectivity index (χ0n) is 9.21. The topological polar surface area (TPSA) is 40.5 Å².